The van der Waals surface area contributed by atoms with Crippen LogP contribution < -0.4 is 19.5 Å². The molecule has 3 fully saturated rings. The Bertz CT molecular complexity index is 1870. The number of carbonyl (C=O) groups excluding carboxylic acids is 2. The molecule has 0 spiro atoms. The predicted octanol–water partition coefficient (Wildman–Crippen LogP) is 6.39. The highest BCUT2D eigenvalue weighted by molar-refractivity contribution is 6.35. The van der Waals surface area contributed by atoms with E-state index in [-0.39, 0.29) is 34.7 Å². The number of rotatable bonds is 13. The zero-order valence-corrected chi connectivity index (χ0v) is 29.7. The van der Waals surface area contributed by atoms with E-state index in [0.717, 1.165) is 25.9 Å². The second kappa shape index (κ2) is 16.3. The van der Waals surface area contributed by atoms with Crippen molar-refractivity contribution in [1.82, 2.24) is 10.2 Å². The van der Waals surface area contributed by atoms with Crippen molar-refractivity contribution in [3.63, 3.8) is 0 Å². The standard InChI is InChI=1S/C38H38Cl2FN3O7/c1-48-32-10-9-25(17-34(32)49-2)33(18-29-30(39)20-44(47)21-31(29)40)50-37(45)27-7-3-5-23(15-27)19-42-36(26-6-4-8-28(41)16-26)38(46)51-35-22-43-13-11-24(35)12-14-43/h3-10,15-17,20-21,24,33,35-36,42H,11-14,18-19,22H2,1-2H3/t33?,35-,36?/m0/s1. The summed E-state index contributed by atoms with van der Waals surface area (Å²) in [5.41, 5.74) is 2.36. The van der Waals surface area contributed by atoms with Crippen LogP contribution in [0.25, 0.3) is 0 Å². The first-order valence-electron chi connectivity index (χ1n) is 16.6. The maximum atomic E-state index is 14.3. The number of hydrogen-bond acceptors (Lipinski definition) is 9. The van der Waals surface area contributed by atoms with Crippen LogP contribution in [0.15, 0.2) is 79.1 Å². The van der Waals surface area contributed by atoms with Crippen molar-refractivity contribution in [2.24, 2.45) is 5.92 Å². The molecule has 4 heterocycles. The van der Waals surface area contributed by atoms with Crippen LogP contribution in [-0.2, 0) is 27.2 Å². The highest BCUT2D eigenvalue weighted by Gasteiger charge is 2.38. The van der Waals surface area contributed by atoms with Gasteiger partial charge in [0.25, 0.3) is 0 Å². The molecule has 0 radical (unpaired) electrons. The van der Waals surface area contributed by atoms with Gasteiger partial charge in [-0.25, -0.2) is 14.0 Å². The zero-order chi connectivity index (χ0) is 36.1. The summed E-state index contributed by atoms with van der Waals surface area (Å²) in [7, 11) is 3.01. The molecular weight excluding hydrogens is 700 g/mol. The minimum absolute atomic E-state index is 0.0536. The lowest BCUT2D eigenvalue weighted by Crippen LogP contribution is -2.52. The van der Waals surface area contributed by atoms with Gasteiger partial charge in [-0.15, -0.1) is 0 Å². The summed E-state index contributed by atoms with van der Waals surface area (Å²) < 4.78 is 37.8. The topological polar surface area (TPSA) is 113 Å². The van der Waals surface area contributed by atoms with E-state index >= 15 is 0 Å². The van der Waals surface area contributed by atoms with E-state index in [1.165, 1.54) is 38.7 Å². The molecule has 3 saturated heterocycles. The molecule has 3 aliphatic rings. The Hall–Kier alpha value is -4.42. The number of halogens is 3. The second-order valence-electron chi connectivity index (χ2n) is 12.7. The Balaban J connectivity index is 1.21. The summed E-state index contributed by atoms with van der Waals surface area (Å²) in [4.78, 5) is 29.6. The minimum atomic E-state index is -0.936. The highest BCUT2D eigenvalue weighted by Crippen LogP contribution is 2.36. The largest absolute Gasteiger partial charge is 0.619 e. The van der Waals surface area contributed by atoms with Gasteiger partial charge in [0.1, 0.15) is 34.1 Å². The molecule has 0 amide bonds. The first kappa shape index (κ1) is 36.4. The number of nitrogens with one attached hydrogen (secondary N) is 1. The molecule has 51 heavy (non-hydrogen) atoms. The highest BCUT2D eigenvalue weighted by atomic mass is 35.5. The van der Waals surface area contributed by atoms with Crippen LogP contribution in [0.5, 0.6) is 11.5 Å². The summed E-state index contributed by atoms with van der Waals surface area (Å²) in [6, 6.07) is 16.9. The van der Waals surface area contributed by atoms with Crippen LogP contribution in [0.3, 0.4) is 0 Å². The van der Waals surface area contributed by atoms with Crippen molar-refractivity contribution in [3.8, 4) is 11.5 Å². The zero-order valence-electron chi connectivity index (χ0n) is 28.2. The third kappa shape index (κ3) is 8.73. The summed E-state index contributed by atoms with van der Waals surface area (Å²) in [6.45, 7) is 2.88. The summed E-state index contributed by atoms with van der Waals surface area (Å²) in [5.74, 6) is -0.357. The number of nitrogens with zero attached hydrogens (tertiary/aromatic N) is 2. The van der Waals surface area contributed by atoms with E-state index in [2.05, 4.69) is 10.2 Å². The normalized spacial score (nSPS) is 19.2. The number of piperidine rings is 3. The van der Waals surface area contributed by atoms with E-state index in [1.807, 2.05) is 0 Å². The average Bonchev–Trinajstić information content (AvgIpc) is 3.13. The van der Waals surface area contributed by atoms with Gasteiger partial charge in [-0.2, -0.15) is 4.73 Å². The van der Waals surface area contributed by atoms with Crippen molar-refractivity contribution < 1.29 is 37.7 Å². The lowest BCUT2D eigenvalue weighted by atomic mass is 9.86. The molecule has 268 valence electrons. The SMILES string of the molecule is COc1ccc(C(Cc2c(Cl)c[n+]([O-])cc2Cl)OC(=O)c2cccc(CNC(C(=O)O[C@H]3CN4CCC3CC4)c3cccc(F)c3)c2)cc1OC. The van der Waals surface area contributed by atoms with Gasteiger partial charge >= 0.3 is 11.9 Å². The average molecular weight is 739 g/mol. The van der Waals surface area contributed by atoms with Gasteiger partial charge < -0.3 is 24.2 Å². The number of benzene rings is 3. The van der Waals surface area contributed by atoms with Crippen LogP contribution in [-0.4, -0.2) is 56.8 Å². The van der Waals surface area contributed by atoms with Crippen LogP contribution in [0, 0.1) is 16.9 Å². The summed E-state index contributed by atoms with van der Waals surface area (Å²) in [5, 5.41) is 15.4. The number of methoxy groups -OCH3 is 2. The first-order valence-corrected chi connectivity index (χ1v) is 17.4. The molecule has 0 saturated carbocycles. The molecule has 2 bridgehead atoms. The summed E-state index contributed by atoms with van der Waals surface area (Å²) in [6.07, 6.45) is 3.27. The molecule has 0 aliphatic carbocycles. The number of pyridine rings is 1. The van der Waals surface area contributed by atoms with Gasteiger partial charge in [0, 0.05) is 25.1 Å². The molecule has 1 aromatic heterocycles. The Kier molecular flexibility index (Phi) is 11.6. The van der Waals surface area contributed by atoms with Gasteiger partial charge in [0.15, 0.2) is 23.9 Å². The fraction of sp³-hybridized carbons (Fsp3) is 0.342. The van der Waals surface area contributed by atoms with Crippen molar-refractivity contribution in [2.75, 3.05) is 33.9 Å². The molecule has 3 aliphatic heterocycles. The summed E-state index contributed by atoms with van der Waals surface area (Å²) >= 11 is 12.8. The number of aromatic nitrogens is 1. The second-order valence-corrected chi connectivity index (χ2v) is 13.5. The quantitative estimate of drug-likeness (QED) is 0.0948. The molecule has 13 heteroatoms. The number of hydrogen-bond donors (Lipinski definition) is 1. The molecule has 3 atom stereocenters. The van der Waals surface area contributed by atoms with E-state index in [9.17, 15) is 19.2 Å². The Labute approximate surface area is 305 Å². The molecule has 3 aromatic carbocycles. The maximum absolute atomic E-state index is 14.3. The Morgan fingerprint density at radius 3 is 2.35 bits per heavy atom. The first-order chi connectivity index (χ1) is 24.6. The Morgan fingerprint density at radius 2 is 1.69 bits per heavy atom. The van der Waals surface area contributed by atoms with Crippen LogP contribution in [0.2, 0.25) is 10.0 Å². The monoisotopic (exact) mass is 737 g/mol. The smallest absolute Gasteiger partial charge is 0.338 e. The van der Waals surface area contributed by atoms with Crippen molar-refractivity contribution in [1.29, 1.82) is 0 Å². The van der Waals surface area contributed by atoms with Crippen molar-refractivity contribution >= 4 is 35.1 Å². The lowest BCUT2D eigenvalue weighted by Gasteiger charge is -2.44. The molecule has 1 N–H and O–H groups in total. The number of esters is 2. The van der Waals surface area contributed by atoms with Gasteiger partial charge in [-0.1, -0.05) is 53.5 Å². The van der Waals surface area contributed by atoms with Gasteiger partial charge in [0.05, 0.1) is 19.8 Å². The fourth-order valence-electron chi connectivity index (χ4n) is 6.70. The van der Waals surface area contributed by atoms with E-state index in [4.69, 9.17) is 42.1 Å². The fourth-order valence-corrected chi connectivity index (χ4v) is 7.30. The van der Waals surface area contributed by atoms with E-state index in [0.29, 0.717) is 50.9 Å². The lowest BCUT2D eigenvalue weighted by molar-refractivity contribution is -0.605. The third-order valence-corrected chi connectivity index (χ3v) is 10.1. The van der Waals surface area contributed by atoms with E-state index in [1.54, 1.807) is 54.6 Å². The molecule has 2 unspecified atom stereocenters. The Morgan fingerprint density at radius 1 is 0.961 bits per heavy atom. The predicted molar refractivity (Wildman–Crippen MR) is 188 cm³/mol. The van der Waals surface area contributed by atoms with Crippen molar-refractivity contribution in [3.05, 3.63) is 128 Å². The number of fused-ring (bicyclic) bond motifs is 3. The number of carbonyl (C=O) groups is 2. The van der Waals surface area contributed by atoms with Crippen molar-refractivity contribution in [2.45, 2.75) is 44.1 Å². The van der Waals surface area contributed by atoms with Gasteiger partial charge in [0.2, 0.25) is 0 Å². The van der Waals surface area contributed by atoms with Crippen LogP contribution >= 0.6 is 23.2 Å². The molecule has 4 aromatic rings. The third-order valence-electron chi connectivity index (χ3n) is 9.43. The molecule has 7 rings (SSSR count). The number of ether oxygens (including phenoxy) is 4. The maximum Gasteiger partial charge on any atom is 0.338 e. The minimum Gasteiger partial charge on any atom is -0.619 e. The van der Waals surface area contributed by atoms with Gasteiger partial charge in [-0.3, -0.25) is 10.2 Å². The molecular formula is C38H38Cl2FN3O7. The van der Waals surface area contributed by atoms with E-state index < -0.39 is 29.9 Å². The van der Waals surface area contributed by atoms with Crippen LogP contribution in [0.1, 0.15) is 57.6 Å². The van der Waals surface area contributed by atoms with Crippen LogP contribution in [0.4, 0.5) is 4.39 Å². The molecule has 10 nitrogen and oxygen atoms in total. The van der Waals surface area contributed by atoms with Gasteiger partial charge in [-0.05, 0) is 84.9 Å².